The average Bonchev–Trinajstić information content (AvgIpc) is 2.93. The molecule has 2 aromatic heterocycles. The molecule has 0 saturated heterocycles. The van der Waals surface area contributed by atoms with Crippen LogP contribution in [-0.2, 0) is 0 Å². The van der Waals surface area contributed by atoms with Crippen LogP contribution in [0.1, 0.15) is 17.4 Å². The second-order valence-corrected chi connectivity index (χ2v) is 4.82. The van der Waals surface area contributed by atoms with Gasteiger partial charge in [-0.05, 0) is 24.6 Å². The van der Waals surface area contributed by atoms with Gasteiger partial charge >= 0.3 is 0 Å². The van der Waals surface area contributed by atoms with Crippen LogP contribution in [0, 0.1) is 6.92 Å². The normalized spacial score (nSPS) is 12.5. The van der Waals surface area contributed by atoms with Gasteiger partial charge in [0.15, 0.2) is 0 Å². The van der Waals surface area contributed by atoms with E-state index in [2.05, 4.69) is 20.4 Å². The number of nitrogen functional groups attached to an aromatic ring is 1. The number of aryl methyl sites for hydroxylation is 1. The van der Waals surface area contributed by atoms with E-state index < -0.39 is 6.10 Å². The van der Waals surface area contributed by atoms with Crippen LogP contribution in [0.5, 0.6) is 0 Å². The van der Waals surface area contributed by atoms with Gasteiger partial charge in [-0.2, -0.15) is 14.6 Å². The number of aliphatic hydroxyl groups excluding tert-OH is 1. The second kappa shape index (κ2) is 5.37. The zero-order valence-corrected chi connectivity index (χ0v) is 11.6. The maximum absolute atomic E-state index is 10.2. The van der Waals surface area contributed by atoms with Crippen LogP contribution in [0.25, 0.3) is 5.78 Å². The number of nitrogens with one attached hydrogen (secondary N) is 1. The first-order chi connectivity index (χ1) is 10.1. The van der Waals surface area contributed by atoms with Crippen LogP contribution < -0.4 is 11.1 Å². The van der Waals surface area contributed by atoms with Crippen molar-refractivity contribution in [1.29, 1.82) is 0 Å². The van der Waals surface area contributed by atoms with Crippen LogP contribution in [-0.4, -0.2) is 31.2 Å². The molecule has 0 aliphatic rings. The van der Waals surface area contributed by atoms with Crippen molar-refractivity contribution < 1.29 is 5.11 Å². The Balaban J connectivity index is 1.77. The van der Waals surface area contributed by atoms with Gasteiger partial charge in [0, 0.05) is 24.0 Å². The van der Waals surface area contributed by atoms with Gasteiger partial charge < -0.3 is 16.2 Å². The summed E-state index contributed by atoms with van der Waals surface area (Å²) >= 11 is 0. The summed E-state index contributed by atoms with van der Waals surface area (Å²) in [6.07, 6.45) is 0.807. The van der Waals surface area contributed by atoms with Gasteiger partial charge in [0.2, 0.25) is 0 Å². The van der Waals surface area contributed by atoms with E-state index in [9.17, 15) is 5.11 Å². The van der Waals surface area contributed by atoms with E-state index in [0.717, 1.165) is 17.1 Å². The third-order valence-electron chi connectivity index (χ3n) is 3.18. The monoisotopic (exact) mass is 284 g/mol. The van der Waals surface area contributed by atoms with Crippen molar-refractivity contribution in [1.82, 2.24) is 19.6 Å². The Morgan fingerprint density at radius 1 is 1.33 bits per heavy atom. The average molecular weight is 284 g/mol. The molecule has 0 radical (unpaired) electrons. The van der Waals surface area contributed by atoms with E-state index in [1.807, 2.05) is 25.1 Å². The van der Waals surface area contributed by atoms with Gasteiger partial charge in [0.1, 0.15) is 12.1 Å². The lowest BCUT2D eigenvalue weighted by Crippen LogP contribution is -2.15. The van der Waals surface area contributed by atoms with Crippen molar-refractivity contribution in [3.05, 3.63) is 47.9 Å². The Bertz CT molecular complexity index is 752. The van der Waals surface area contributed by atoms with E-state index in [0.29, 0.717) is 18.0 Å². The standard InChI is InChI=1S/C14H16N6O/c1-9-6-13(20-14(19-9)17-8-18-20)16-7-12(21)10-2-4-11(15)5-3-10/h2-6,8,12,16,21H,7,15H2,1H3. The molecule has 0 fully saturated rings. The summed E-state index contributed by atoms with van der Waals surface area (Å²) in [5.41, 5.74) is 7.95. The highest BCUT2D eigenvalue weighted by molar-refractivity contribution is 5.45. The lowest BCUT2D eigenvalue weighted by molar-refractivity contribution is 0.191. The number of aliphatic hydroxyl groups is 1. The molecule has 0 aliphatic heterocycles. The second-order valence-electron chi connectivity index (χ2n) is 4.82. The van der Waals surface area contributed by atoms with E-state index >= 15 is 0 Å². The number of nitrogens with two attached hydrogens (primary N) is 1. The third-order valence-corrected chi connectivity index (χ3v) is 3.18. The lowest BCUT2D eigenvalue weighted by atomic mass is 10.1. The Kier molecular flexibility index (Phi) is 3.41. The lowest BCUT2D eigenvalue weighted by Gasteiger charge is -2.14. The molecule has 1 aromatic carbocycles. The molecule has 21 heavy (non-hydrogen) atoms. The Hall–Kier alpha value is -2.67. The zero-order chi connectivity index (χ0) is 14.8. The fourth-order valence-corrected chi connectivity index (χ4v) is 2.09. The Labute approximate surface area is 121 Å². The number of rotatable bonds is 4. The third kappa shape index (κ3) is 2.77. The number of aromatic nitrogens is 4. The van der Waals surface area contributed by atoms with Crippen molar-refractivity contribution in [2.24, 2.45) is 0 Å². The van der Waals surface area contributed by atoms with Crippen molar-refractivity contribution in [2.75, 3.05) is 17.6 Å². The summed E-state index contributed by atoms with van der Waals surface area (Å²) in [4.78, 5) is 8.32. The van der Waals surface area contributed by atoms with Gasteiger partial charge in [-0.3, -0.25) is 0 Å². The van der Waals surface area contributed by atoms with Gasteiger partial charge in [0.05, 0.1) is 6.10 Å². The van der Waals surface area contributed by atoms with E-state index in [-0.39, 0.29) is 0 Å². The highest BCUT2D eigenvalue weighted by Gasteiger charge is 2.10. The number of hydrogen-bond acceptors (Lipinski definition) is 6. The van der Waals surface area contributed by atoms with Gasteiger partial charge in [-0.1, -0.05) is 12.1 Å². The molecule has 0 aliphatic carbocycles. The minimum Gasteiger partial charge on any atom is -0.399 e. The summed E-state index contributed by atoms with van der Waals surface area (Å²) in [5.74, 6) is 1.27. The molecule has 0 saturated carbocycles. The highest BCUT2D eigenvalue weighted by Crippen LogP contribution is 2.16. The molecule has 7 nitrogen and oxygen atoms in total. The molecule has 1 atom stereocenters. The molecule has 0 bridgehead atoms. The molecule has 0 spiro atoms. The predicted octanol–water partition coefficient (Wildman–Crippen LogP) is 1.16. The molecule has 7 heteroatoms. The van der Waals surface area contributed by atoms with Crippen LogP contribution in [0.4, 0.5) is 11.5 Å². The molecular formula is C14H16N6O. The molecular weight excluding hydrogens is 268 g/mol. The molecule has 1 unspecified atom stereocenters. The molecule has 3 rings (SSSR count). The van der Waals surface area contributed by atoms with Gasteiger partial charge in [-0.25, -0.2) is 4.98 Å². The number of hydrogen-bond donors (Lipinski definition) is 3. The number of anilines is 2. The van der Waals surface area contributed by atoms with Crippen LogP contribution in [0.3, 0.4) is 0 Å². The first-order valence-corrected chi connectivity index (χ1v) is 6.58. The molecule has 2 heterocycles. The van der Waals surface area contributed by atoms with E-state index in [4.69, 9.17) is 5.73 Å². The number of fused-ring (bicyclic) bond motifs is 1. The first kappa shape index (κ1) is 13.3. The van der Waals surface area contributed by atoms with E-state index in [1.165, 1.54) is 6.33 Å². The maximum Gasteiger partial charge on any atom is 0.254 e. The van der Waals surface area contributed by atoms with Crippen molar-refractivity contribution >= 4 is 17.3 Å². The molecule has 4 N–H and O–H groups in total. The summed E-state index contributed by atoms with van der Waals surface area (Å²) < 4.78 is 1.60. The van der Waals surface area contributed by atoms with Gasteiger partial charge in [-0.15, -0.1) is 0 Å². The maximum atomic E-state index is 10.2. The van der Waals surface area contributed by atoms with Crippen molar-refractivity contribution in [2.45, 2.75) is 13.0 Å². The van der Waals surface area contributed by atoms with Crippen molar-refractivity contribution in [3.8, 4) is 0 Å². The Morgan fingerprint density at radius 2 is 2.10 bits per heavy atom. The van der Waals surface area contributed by atoms with Crippen LogP contribution in [0.2, 0.25) is 0 Å². The molecule has 108 valence electrons. The zero-order valence-electron chi connectivity index (χ0n) is 11.6. The predicted molar refractivity (Wildman–Crippen MR) is 79.8 cm³/mol. The fraction of sp³-hybridized carbons (Fsp3) is 0.214. The van der Waals surface area contributed by atoms with E-state index in [1.54, 1.807) is 16.6 Å². The topological polar surface area (TPSA) is 101 Å². The summed E-state index contributed by atoms with van der Waals surface area (Å²) in [7, 11) is 0. The molecule has 3 aromatic rings. The largest absolute Gasteiger partial charge is 0.399 e. The number of nitrogens with zero attached hydrogens (tertiary/aromatic N) is 4. The smallest absolute Gasteiger partial charge is 0.254 e. The first-order valence-electron chi connectivity index (χ1n) is 6.58. The SMILES string of the molecule is Cc1cc(NCC(O)c2ccc(N)cc2)n2ncnc2n1. The summed E-state index contributed by atoms with van der Waals surface area (Å²) in [5, 5.41) is 17.5. The highest BCUT2D eigenvalue weighted by atomic mass is 16.3. The Morgan fingerprint density at radius 3 is 2.86 bits per heavy atom. The quantitative estimate of drug-likeness (QED) is 0.621. The fourth-order valence-electron chi connectivity index (χ4n) is 2.09. The minimum absolute atomic E-state index is 0.350. The number of benzene rings is 1. The van der Waals surface area contributed by atoms with Crippen molar-refractivity contribution in [3.63, 3.8) is 0 Å². The summed E-state index contributed by atoms with van der Waals surface area (Å²) in [6, 6.07) is 9.02. The van der Waals surface area contributed by atoms with Crippen LogP contribution >= 0.6 is 0 Å². The molecule has 0 amide bonds. The minimum atomic E-state index is -0.641. The summed E-state index contributed by atoms with van der Waals surface area (Å²) in [6.45, 7) is 2.23. The van der Waals surface area contributed by atoms with Gasteiger partial charge in [0.25, 0.3) is 5.78 Å². The van der Waals surface area contributed by atoms with Crippen LogP contribution in [0.15, 0.2) is 36.7 Å².